The average molecular weight is 284 g/mol. The molecule has 1 unspecified atom stereocenters. The van der Waals surface area contributed by atoms with Gasteiger partial charge in [-0.15, -0.1) is 0 Å². The molecule has 0 aliphatic carbocycles. The number of carbonyl (C=O) groups is 2. The highest BCUT2D eigenvalue weighted by atomic mass is 35.5. The number of methoxy groups -OCH3 is 1. The Balaban J connectivity index is 2.28. The van der Waals surface area contributed by atoms with Crippen LogP contribution in [0.5, 0.6) is 0 Å². The van der Waals surface area contributed by atoms with E-state index < -0.39 is 18.0 Å². The van der Waals surface area contributed by atoms with E-state index in [9.17, 15) is 14.7 Å². The smallest absolute Gasteiger partial charge is 0.316 e. The molecule has 1 saturated heterocycles. The summed E-state index contributed by atoms with van der Waals surface area (Å²) >= 11 is 5.79. The highest BCUT2D eigenvalue weighted by molar-refractivity contribution is 6.30. The van der Waals surface area contributed by atoms with Gasteiger partial charge in [-0.1, -0.05) is 11.6 Å². The van der Waals surface area contributed by atoms with Crippen LogP contribution in [0.25, 0.3) is 0 Å². The molecular formula is C13H14ClNO4. The van der Waals surface area contributed by atoms with E-state index in [1.807, 2.05) is 0 Å². The summed E-state index contributed by atoms with van der Waals surface area (Å²) in [5.41, 5.74) is -0.528. The molecule has 1 aliphatic rings. The molecule has 0 spiro atoms. The zero-order valence-electron chi connectivity index (χ0n) is 10.4. The van der Waals surface area contributed by atoms with Crippen LogP contribution in [-0.4, -0.2) is 37.2 Å². The Morgan fingerprint density at radius 2 is 2.11 bits per heavy atom. The fourth-order valence-corrected chi connectivity index (χ4v) is 2.34. The SMILES string of the molecule is COC(=O)C1(CO)CC(=O)N(c2ccc(Cl)cc2)C1. The van der Waals surface area contributed by atoms with E-state index in [0.717, 1.165) is 0 Å². The number of ether oxygens (including phenoxy) is 1. The molecule has 102 valence electrons. The summed E-state index contributed by atoms with van der Waals surface area (Å²) in [7, 11) is 1.25. The number of amides is 1. The van der Waals surface area contributed by atoms with Crippen molar-refractivity contribution >= 4 is 29.2 Å². The van der Waals surface area contributed by atoms with Gasteiger partial charge in [0.25, 0.3) is 0 Å². The summed E-state index contributed by atoms with van der Waals surface area (Å²) in [5.74, 6) is -0.790. The standard InChI is InChI=1S/C13H14ClNO4/c1-19-12(18)13(8-16)6-11(17)15(7-13)10-4-2-9(14)3-5-10/h2-5,16H,6-8H2,1H3. The maximum atomic E-state index is 12.0. The number of esters is 1. The Bertz CT molecular complexity index is 502. The van der Waals surface area contributed by atoms with Crippen molar-refractivity contribution in [2.45, 2.75) is 6.42 Å². The summed E-state index contributed by atoms with van der Waals surface area (Å²) < 4.78 is 4.68. The number of benzene rings is 1. The van der Waals surface area contributed by atoms with Crippen LogP contribution in [0.1, 0.15) is 6.42 Å². The number of anilines is 1. The minimum absolute atomic E-state index is 0.0567. The molecule has 0 radical (unpaired) electrons. The number of rotatable bonds is 3. The van der Waals surface area contributed by atoms with Gasteiger partial charge in [-0.25, -0.2) is 0 Å². The lowest BCUT2D eigenvalue weighted by Gasteiger charge is -2.23. The molecule has 1 fully saturated rings. The number of halogens is 1. The molecule has 5 nitrogen and oxygen atoms in total. The van der Waals surface area contributed by atoms with Crippen molar-refractivity contribution in [3.8, 4) is 0 Å². The molecule has 6 heteroatoms. The first-order valence-corrected chi connectivity index (χ1v) is 6.15. The summed E-state index contributed by atoms with van der Waals surface area (Å²) in [6, 6.07) is 6.73. The van der Waals surface area contributed by atoms with Crippen LogP contribution in [-0.2, 0) is 14.3 Å². The molecule has 0 aromatic heterocycles. The Labute approximate surface area is 115 Å². The van der Waals surface area contributed by atoms with E-state index in [-0.39, 0.29) is 18.9 Å². The third-order valence-electron chi connectivity index (χ3n) is 3.31. The largest absolute Gasteiger partial charge is 0.468 e. The second-order valence-electron chi connectivity index (χ2n) is 4.56. The molecule has 1 atom stereocenters. The zero-order chi connectivity index (χ0) is 14.0. The number of carbonyl (C=O) groups excluding carboxylic acids is 2. The van der Waals surface area contributed by atoms with Crippen molar-refractivity contribution in [1.82, 2.24) is 0 Å². The van der Waals surface area contributed by atoms with Crippen LogP contribution >= 0.6 is 11.6 Å². The summed E-state index contributed by atoms with van der Waals surface area (Å²) in [6.45, 7) is -0.313. The third-order valence-corrected chi connectivity index (χ3v) is 3.56. The number of hydrogen-bond acceptors (Lipinski definition) is 4. The van der Waals surface area contributed by atoms with Crippen LogP contribution in [0.2, 0.25) is 5.02 Å². The maximum Gasteiger partial charge on any atom is 0.316 e. The predicted octanol–water partition coefficient (Wildman–Crippen LogP) is 1.23. The molecule has 1 aromatic carbocycles. The molecule has 0 saturated carbocycles. The topological polar surface area (TPSA) is 66.8 Å². The fourth-order valence-electron chi connectivity index (χ4n) is 2.21. The van der Waals surface area contributed by atoms with Crippen LogP contribution in [0, 0.1) is 5.41 Å². The van der Waals surface area contributed by atoms with Crippen molar-refractivity contribution in [2.24, 2.45) is 5.41 Å². The molecule has 0 bridgehead atoms. The highest BCUT2D eigenvalue weighted by Crippen LogP contribution is 2.35. The normalized spacial score (nSPS) is 22.7. The van der Waals surface area contributed by atoms with Crippen LogP contribution < -0.4 is 4.90 Å². The minimum atomic E-state index is -1.18. The Morgan fingerprint density at radius 3 is 2.63 bits per heavy atom. The Morgan fingerprint density at radius 1 is 1.47 bits per heavy atom. The first kappa shape index (κ1) is 13.8. The van der Waals surface area contributed by atoms with Gasteiger partial charge in [-0.05, 0) is 24.3 Å². The number of aliphatic hydroxyl groups excluding tert-OH is 1. The van der Waals surface area contributed by atoms with Gasteiger partial charge in [-0.3, -0.25) is 9.59 Å². The molecule has 19 heavy (non-hydrogen) atoms. The summed E-state index contributed by atoms with van der Waals surface area (Å²) in [5, 5.41) is 10.0. The summed E-state index contributed by atoms with van der Waals surface area (Å²) in [4.78, 5) is 25.3. The van der Waals surface area contributed by atoms with E-state index >= 15 is 0 Å². The van der Waals surface area contributed by atoms with E-state index in [2.05, 4.69) is 4.74 Å². The highest BCUT2D eigenvalue weighted by Gasteiger charge is 2.50. The fraction of sp³-hybridized carbons (Fsp3) is 0.385. The second kappa shape index (κ2) is 5.19. The Kier molecular flexibility index (Phi) is 3.78. The van der Waals surface area contributed by atoms with E-state index in [4.69, 9.17) is 11.6 Å². The minimum Gasteiger partial charge on any atom is -0.468 e. The lowest BCUT2D eigenvalue weighted by atomic mass is 9.88. The van der Waals surface area contributed by atoms with Gasteiger partial charge in [0, 0.05) is 23.7 Å². The third kappa shape index (κ3) is 2.43. The first-order valence-electron chi connectivity index (χ1n) is 5.77. The van der Waals surface area contributed by atoms with Gasteiger partial charge < -0.3 is 14.7 Å². The van der Waals surface area contributed by atoms with Crippen molar-refractivity contribution in [3.63, 3.8) is 0 Å². The maximum absolute atomic E-state index is 12.0. The molecule has 1 amide bonds. The first-order chi connectivity index (χ1) is 9.02. The molecule has 2 rings (SSSR count). The number of aliphatic hydroxyl groups is 1. The van der Waals surface area contributed by atoms with Crippen molar-refractivity contribution < 1.29 is 19.4 Å². The lowest BCUT2D eigenvalue weighted by molar-refractivity contribution is -0.154. The predicted molar refractivity (Wildman–Crippen MR) is 70.0 cm³/mol. The van der Waals surface area contributed by atoms with E-state index in [0.29, 0.717) is 10.7 Å². The molecule has 1 N–H and O–H groups in total. The molecule has 1 aliphatic heterocycles. The van der Waals surface area contributed by atoms with Crippen molar-refractivity contribution in [3.05, 3.63) is 29.3 Å². The van der Waals surface area contributed by atoms with E-state index in [1.165, 1.54) is 12.0 Å². The molecule has 1 heterocycles. The van der Waals surface area contributed by atoms with Gasteiger partial charge in [-0.2, -0.15) is 0 Å². The van der Waals surface area contributed by atoms with E-state index in [1.54, 1.807) is 24.3 Å². The Hall–Kier alpha value is -1.59. The van der Waals surface area contributed by atoms with Gasteiger partial charge in [0.2, 0.25) is 5.91 Å². The van der Waals surface area contributed by atoms with Crippen LogP contribution in [0.4, 0.5) is 5.69 Å². The van der Waals surface area contributed by atoms with Gasteiger partial charge in [0.15, 0.2) is 0 Å². The monoisotopic (exact) mass is 283 g/mol. The number of nitrogens with zero attached hydrogens (tertiary/aromatic N) is 1. The molecule has 1 aromatic rings. The van der Waals surface area contributed by atoms with Gasteiger partial charge in [0.05, 0.1) is 13.7 Å². The summed E-state index contributed by atoms with van der Waals surface area (Å²) in [6.07, 6.45) is -0.0567. The van der Waals surface area contributed by atoms with Crippen LogP contribution in [0.15, 0.2) is 24.3 Å². The molecular weight excluding hydrogens is 270 g/mol. The lowest BCUT2D eigenvalue weighted by Crippen LogP contribution is -2.39. The van der Waals surface area contributed by atoms with Gasteiger partial charge in [0.1, 0.15) is 5.41 Å². The zero-order valence-corrected chi connectivity index (χ0v) is 11.2. The van der Waals surface area contributed by atoms with Crippen molar-refractivity contribution in [2.75, 3.05) is 25.2 Å². The average Bonchev–Trinajstić information content (AvgIpc) is 2.77. The van der Waals surface area contributed by atoms with Crippen molar-refractivity contribution in [1.29, 1.82) is 0 Å². The number of hydrogen-bond donors (Lipinski definition) is 1. The second-order valence-corrected chi connectivity index (χ2v) is 5.00. The van der Waals surface area contributed by atoms with Crippen LogP contribution in [0.3, 0.4) is 0 Å². The quantitative estimate of drug-likeness (QED) is 0.847. The van der Waals surface area contributed by atoms with Gasteiger partial charge >= 0.3 is 5.97 Å².